The lowest BCUT2D eigenvalue weighted by Gasteiger charge is -2.14. The number of aromatic nitrogens is 3. The van der Waals surface area contributed by atoms with Crippen molar-refractivity contribution < 1.29 is 9.47 Å². The Morgan fingerprint density at radius 2 is 1.92 bits per heavy atom. The third kappa shape index (κ3) is 3.39. The number of anilines is 1. The van der Waals surface area contributed by atoms with Crippen LogP contribution >= 0.6 is 0 Å². The van der Waals surface area contributed by atoms with Crippen LogP contribution in [-0.2, 0) is 0 Å². The minimum Gasteiger partial charge on any atom is -0.481 e. The van der Waals surface area contributed by atoms with Gasteiger partial charge in [0, 0.05) is 24.0 Å². The summed E-state index contributed by atoms with van der Waals surface area (Å²) in [5.74, 6) is 1.36. The maximum absolute atomic E-state index is 9.03. The van der Waals surface area contributed by atoms with Gasteiger partial charge >= 0.3 is 0 Å². The molecule has 0 saturated heterocycles. The molecule has 3 heterocycles. The van der Waals surface area contributed by atoms with Gasteiger partial charge in [0.05, 0.1) is 29.7 Å². The van der Waals surface area contributed by atoms with E-state index in [4.69, 9.17) is 20.5 Å². The fourth-order valence-corrected chi connectivity index (χ4v) is 2.47. The number of nitrogen functional groups attached to an aromatic ring is 1. The van der Waals surface area contributed by atoms with Crippen LogP contribution in [0.15, 0.2) is 36.7 Å². The van der Waals surface area contributed by atoms with E-state index in [9.17, 15) is 0 Å². The van der Waals surface area contributed by atoms with Crippen LogP contribution in [0.3, 0.4) is 0 Å². The van der Waals surface area contributed by atoms with E-state index in [1.165, 1.54) is 6.20 Å². The maximum atomic E-state index is 9.03. The van der Waals surface area contributed by atoms with Crippen molar-refractivity contribution in [2.75, 3.05) is 12.8 Å². The number of pyridine rings is 3. The van der Waals surface area contributed by atoms with Crippen molar-refractivity contribution in [3.8, 4) is 34.8 Å². The first kappa shape index (κ1) is 17.2. The highest BCUT2D eigenvalue weighted by atomic mass is 16.5. The third-order valence-electron chi connectivity index (χ3n) is 3.77. The lowest BCUT2D eigenvalue weighted by molar-refractivity contribution is 0.391. The van der Waals surface area contributed by atoms with Crippen LogP contribution in [0.25, 0.3) is 11.3 Å². The van der Waals surface area contributed by atoms with Gasteiger partial charge in [-0.3, -0.25) is 4.98 Å². The summed E-state index contributed by atoms with van der Waals surface area (Å²) >= 11 is 0. The quantitative estimate of drug-likeness (QED) is 0.770. The number of methoxy groups -OCH3 is 1. The Kier molecular flexibility index (Phi) is 4.67. The van der Waals surface area contributed by atoms with E-state index in [-0.39, 0.29) is 5.88 Å². The predicted molar refractivity (Wildman–Crippen MR) is 96.9 cm³/mol. The van der Waals surface area contributed by atoms with Gasteiger partial charge in [0.15, 0.2) is 5.75 Å². The van der Waals surface area contributed by atoms with Gasteiger partial charge in [-0.1, -0.05) is 0 Å². The molecule has 0 bridgehead atoms. The monoisotopic (exact) mass is 347 g/mol. The van der Waals surface area contributed by atoms with Crippen molar-refractivity contribution in [3.05, 3.63) is 53.5 Å². The van der Waals surface area contributed by atoms with E-state index in [0.717, 1.165) is 5.56 Å². The Hall–Kier alpha value is -3.66. The Bertz CT molecular complexity index is 988. The molecule has 0 fully saturated rings. The summed E-state index contributed by atoms with van der Waals surface area (Å²) in [6.45, 7) is 3.72. The zero-order valence-electron chi connectivity index (χ0n) is 14.6. The van der Waals surface area contributed by atoms with E-state index in [2.05, 4.69) is 21.0 Å². The topological polar surface area (TPSA) is 107 Å². The molecule has 3 rings (SSSR count). The second-order valence-corrected chi connectivity index (χ2v) is 5.66. The van der Waals surface area contributed by atoms with E-state index < -0.39 is 0 Å². The van der Waals surface area contributed by atoms with E-state index >= 15 is 0 Å². The van der Waals surface area contributed by atoms with Gasteiger partial charge in [-0.2, -0.15) is 5.26 Å². The zero-order chi connectivity index (χ0) is 18.7. The first-order valence-electron chi connectivity index (χ1n) is 7.84. The van der Waals surface area contributed by atoms with Crippen molar-refractivity contribution in [3.63, 3.8) is 0 Å². The number of nitrogens with zero attached hydrogens (tertiary/aromatic N) is 4. The average molecular weight is 347 g/mol. The highest BCUT2D eigenvalue weighted by Gasteiger charge is 2.14. The third-order valence-corrected chi connectivity index (χ3v) is 3.77. The minimum atomic E-state index is 0.267. The lowest BCUT2D eigenvalue weighted by Crippen LogP contribution is -2.01. The van der Waals surface area contributed by atoms with Gasteiger partial charge in [0.1, 0.15) is 6.07 Å². The molecule has 0 saturated carbocycles. The van der Waals surface area contributed by atoms with Gasteiger partial charge in [0.2, 0.25) is 11.8 Å². The van der Waals surface area contributed by atoms with Crippen LogP contribution < -0.4 is 15.2 Å². The first-order valence-corrected chi connectivity index (χ1v) is 7.84. The Morgan fingerprint density at radius 1 is 1.12 bits per heavy atom. The normalized spacial score (nSPS) is 10.2. The molecule has 0 aliphatic carbocycles. The highest BCUT2D eigenvalue weighted by Crippen LogP contribution is 2.33. The van der Waals surface area contributed by atoms with Gasteiger partial charge in [-0.25, -0.2) is 9.97 Å². The Labute approximate surface area is 151 Å². The average Bonchev–Trinajstić information content (AvgIpc) is 2.65. The Balaban J connectivity index is 2.00. The van der Waals surface area contributed by atoms with Crippen LogP contribution in [0.2, 0.25) is 0 Å². The summed E-state index contributed by atoms with van der Waals surface area (Å²) < 4.78 is 11.1. The summed E-state index contributed by atoms with van der Waals surface area (Å²) in [5.41, 5.74) is 9.71. The SMILES string of the molecule is COc1cc(C)c(Oc2nc(-c3cncc(C#N)c3)ccc2N)c(C)n1. The summed E-state index contributed by atoms with van der Waals surface area (Å²) in [6.07, 6.45) is 3.13. The molecule has 0 amide bonds. The second-order valence-electron chi connectivity index (χ2n) is 5.66. The molecule has 7 nitrogen and oxygen atoms in total. The van der Waals surface area contributed by atoms with Gasteiger partial charge in [-0.05, 0) is 37.6 Å². The molecule has 0 aliphatic heterocycles. The van der Waals surface area contributed by atoms with Gasteiger partial charge in [-0.15, -0.1) is 0 Å². The predicted octanol–water partition coefficient (Wildman–Crippen LogP) is 3.41. The fraction of sp³-hybridized carbons (Fsp3) is 0.158. The molecule has 0 aliphatic rings. The smallest absolute Gasteiger partial charge is 0.243 e. The molecule has 26 heavy (non-hydrogen) atoms. The largest absolute Gasteiger partial charge is 0.481 e. The molecule has 2 N–H and O–H groups in total. The number of aryl methyl sites for hydroxylation is 2. The van der Waals surface area contributed by atoms with Crippen LogP contribution in [0.1, 0.15) is 16.8 Å². The van der Waals surface area contributed by atoms with Crippen molar-refractivity contribution in [1.29, 1.82) is 5.26 Å². The molecule has 0 spiro atoms. The van der Waals surface area contributed by atoms with E-state index in [1.54, 1.807) is 37.6 Å². The standard InChI is InChI=1S/C19H17N5O2/c1-11-6-17(25-3)23-12(2)18(11)26-19-15(21)4-5-16(24-19)14-7-13(8-20)9-22-10-14/h4-7,9-10H,21H2,1-3H3. The molecular formula is C19H17N5O2. The van der Waals surface area contributed by atoms with Crippen LogP contribution in [-0.4, -0.2) is 22.1 Å². The van der Waals surface area contributed by atoms with Crippen molar-refractivity contribution >= 4 is 5.69 Å². The van der Waals surface area contributed by atoms with Crippen molar-refractivity contribution in [2.24, 2.45) is 0 Å². The van der Waals surface area contributed by atoms with E-state index in [0.29, 0.717) is 39.8 Å². The van der Waals surface area contributed by atoms with Crippen molar-refractivity contribution in [2.45, 2.75) is 13.8 Å². The van der Waals surface area contributed by atoms with E-state index in [1.807, 2.05) is 13.8 Å². The molecule has 7 heteroatoms. The van der Waals surface area contributed by atoms with Crippen LogP contribution in [0.4, 0.5) is 5.69 Å². The van der Waals surface area contributed by atoms with Gasteiger partial charge in [0.25, 0.3) is 0 Å². The fourth-order valence-electron chi connectivity index (χ4n) is 2.47. The number of nitriles is 1. The number of ether oxygens (including phenoxy) is 2. The molecule has 130 valence electrons. The lowest BCUT2D eigenvalue weighted by atomic mass is 10.1. The number of hydrogen-bond donors (Lipinski definition) is 1. The molecule has 3 aromatic rings. The molecular weight excluding hydrogens is 330 g/mol. The first-order chi connectivity index (χ1) is 12.5. The maximum Gasteiger partial charge on any atom is 0.243 e. The molecule has 0 radical (unpaired) electrons. The second kappa shape index (κ2) is 7.07. The number of nitrogens with two attached hydrogens (primary N) is 1. The summed E-state index contributed by atoms with van der Waals surface area (Å²) in [7, 11) is 1.56. The van der Waals surface area contributed by atoms with Crippen LogP contribution in [0, 0.1) is 25.2 Å². The number of rotatable bonds is 4. The minimum absolute atomic E-state index is 0.267. The zero-order valence-corrected chi connectivity index (χ0v) is 14.6. The van der Waals surface area contributed by atoms with Crippen molar-refractivity contribution in [1.82, 2.24) is 15.0 Å². The number of hydrogen-bond acceptors (Lipinski definition) is 7. The molecule has 3 aromatic heterocycles. The summed E-state index contributed by atoms with van der Waals surface area (Å²) in [4.78, 5) is 12.9. The van der Waals surface area contributed by atoms with Gasteiger partial charge < -0.3 is 15.2 Å². The molecule has 0 aromatic carbocycles. The summed E-state index contributed by atoms with van der Waals surface area (Å²) in [5, 5.41) is 9.03. The summed E-state index contributed by atoms with van der Waals surface area (Å²) in [6, 6.07) is 9.01. The highest BCUT2D eigenvalue weighted by molar-refractivity contribution is 5.64. The molecule has 0 unspecified atom stereocenters. The molecule has 0 atom stereocenters. The Morgan fingerprint density at radius 3 is 2.62 bits per heavy atom. The van der Waals surface area contributed by atoms with Crippen LogP contribution in [0.5, 0.6) is 17.5 Å².